The first kappa shape index (κ1) is 21.8. The lowest BCUT2D eigenvalue weighted by molar-refractivity contribution is -0.384. The SMILES string of the molecule is CCCN1C(=O)N/C(=C/c2cc(Cl)c(OCc3ccc([N+](=O)[O-])cc3)c(Br)c2)C1=O. The molecule has 1 aliphatic rings. The number of benzene rings is 2. The van der Waals surface area contributed by atoms with E-state index >= 15 is 0 Å². The minimum atomic E-state index is -0.468. The maximum atomic E-state index is 12.3. The molecule has 3 amide bonds. The molecular formula is C20H17BrClN3O5. The number of hydrogen-bond donors (Lipinski definition) is 1. The molecule has 0 saturated carbocycles. The number of nitrogens with one attached hydrogen (secondary N) is 1. The summed E-state index contributed by atoms with van der Waals surface area (Å²) in [4.78, 5) is 35.7. The largest absolute Gasteiger partial charge is 0.486 e. The second-order valence-electron chi connectivity index (χ2n) is 6.47. The van der Waals surface area contributed by atoms with E-state index < -0.39 is 11.0 Å². The second-order valence-corrected chi connectivity index (χ2v) is 7.73. The number of nitro groups is 1. The summed E-state index contributed by atoms with van der Waals surface area (Å²) in [5.41, 5.74) is 1.53. The number of ether oxygens (including phenoxy) is 1. The Morgan fingerprint density at radius 3 is 2.57 bits per heavy atom. The van der Waals surface area contributed by atoms with Gasteiger partial charge >= 0.3 is 6.03 Å². The first-order chi connectivity index (χ1) is 14.3. The van der Waals surface area contributed by atoms with Gasteiger partial charge in [0.25, 0.3) is 11.6 Å². The molecular weight excluding hydrogens is 478 g/mol. The molecule has 3 rings (SSSR count). The minimum absolute atomic E-state index is 0.00130. The van der Waals surface area contributed by atoms with Gasteiger partial charge in [0.1, 0.15) is 12.3 Å². The van der Waals surface area contributed by atoms with Gasteiger partial charge in [-0.1, -0.05) is 18.5 Å². The lowest BCUT2D eigenvalue weighted by atomic mass is 10.1. The van der Waals surface area contributed by atoms with Crippen molar-refractivity contribution in [3.8, 4) is 5.75 Å². The molecule has 2 aromatic rings. The van der Waals surface area contributed by atoms with Crippen molar-refractivity contribution >= 4 is 51.2 Å². The van der Waals surface area contributed by atoms with E-state index in [1.54, 1.807) is 30.3 Å². The van der Waals surface area contributed by atoms with Crippen LogP contribution in [0.25, 0.3) is 6.08 Å². The summed E-state index contributed by atoms with van der Waals surface area (Å²) in [5.74, 6) is 0.0131. The van der Waals surface area contributed by atoms with Crippen LogP contribution in [0, 0.1) is 10.1 Å². The van der Waals surface area contributed by atoms with Crippen molar-refractivity contribution < 1.29 is 19.2 Å². The zero-order chi connectivity index (χ0) is 21.8. The molecule has 1 aliphatic heterocycles. The van der Waals surface area contributed by atoms with Crippen LogP contribution >= 0.6 is 27.5 Å². The second kappa shape index (κ2) is 9.27. The first-order valence-corrected chi connectivity index (χ1v) is 10.2. The molecule has 30 heavy (non-hydrogen) atoms. The highest BCUT2D eigenvalue weighted by Gasteiger charge is 2.32. The van der Waals surface area contributed by atoms with Crippen molar-refractivity contribution in [2.75, 3.05) is 6.54 Å². The Morgan fingerprint density at radius 1 is 1.27 bits per heavy atom. The van der Waals surface area contributed by atoms with E-state index in [4.69, 9.17) is 16.3 Å². The number of rotatable bonds is 7. The number of carbonyl (C=O) groups excluding carboxylic acids is 2. The number of amides is 3. The standard InChI is InChI=1S/C20H17BrClN3O5/c1-2-7-24-19(26)17(23-20(24)27)10-13-8-15(21)18(16(22)9-13)30-11-12-3-5-14(6-4-12)25(28)29/h3-6,8-10H,2,7,11H2,1H3,(H,23,27)/b17-10+. The Morgan fingerprint density at radius 2 is 1.97 bits per heavy atom. The summed E-state index contributed by atoms with van der Waals surface area (Å²) in [6, 6.07) is 8.91. The molecule has 1 heterocycles. The quantitative estimate of drug-likeness (QED) is 0.255. The van der Waals surface area contributed by atoms with Crippen molar-refractivity contribution in [2.24, 2.45) is 0 Å². The number of imide groups is 1. The van der Waals surface area contributed by atoms with Gasteiger partial charge < -0.3 is 10.1 Å². The maximum Gasteiger partial charge on any atom is 0.329 e. The molecule has 0 atom stereocenters. The molecule has 0 aliphatic carbocycles. The minimum Gasteiger partial charge on any atom is -0.486 e. The van der Waals surface area contributed by atoms with Gasteiger partial charge in [-0.05, 0) is 63.8 Å². The van der Waals surface area contributed by atoms with Crippen LogP contribution < -0.4 is 10.1 Å². The Balaban J connectivity index is 1.75. The van der Waals surface area contributed by atoms with E-state index in [-0.39, 0.29) is 23.9 Å². The third-order valence-corrected chi connectivity index (χ3v) is 5.14. The Labute approximate surface area is 185 Å². The van der Waals surface area contributed by atoms with Crippen LogP contribution in [0.2, 0.25) is 5.02 Å². The number of carbonyl (C=O) groups is 2. The van der Waals surface area contributed by atoms with Crippen molar-refractivity contribution in [3.63, 3.8) is 0 Å². The van der Waals surface area contributed by atoms with Gasteiger partial charge in [0.15, 0.2) is 5.75 Å². The molecule has 0 unspecified atom stereocenters. The monoisotopic (exact) mass is 493 g/mol. The van der Waals surface area contributed by atoms with Gasteiger partial charge in [-0.25, -0.2) is 4.79 Å². The molecule has 1 N–H and O–H groups in total. The van der Waals surface area contributed by atoms with Gasteiger partial charge in [-0.2, -0.15) is 0 Å². The number of halogens is 2. The number of hydrogen-bond acceptors (Lipinski definition) is 5. The third-order valence-electron chi connectivity index (χ3n) is 4.27. The van der Waals surface area contributed by atoms with Gasteiger partial charge in [0.05, 0.1) is 14.4 Å². The topological polar surface area (TPSA) is 102 Å². The van der Waals surface area contributed by atoms with Crippen LogP contribution in [0.3, 0.4) is 0 Å². The normalized spacial score (nSPS) is 14.9. The molecule has 0 spiro atoms. The van der Waals surface area contributed by atoms with Gasteiger partial charge in [0, 0.05) is 18.7 Å². The van der Waals surface area contributed by atoms with Crippen LogP contribution in [0.5, 0.6) is 5.75 Å². The van der Waals surface area contributed by atoms with Crippen LogP contribution in [0.1, 0.15) is 24.5 Å². The lowest BCUT2D eigenvalue weighted by Gasteiger charge is -2.11. The predicted molar refractivity (Wildman–Crippen MR) is 115 cm³/mol. The smallest absolute Gasteiger partial charge is 0.329 e. The summed E-state index contributed by atoms with van der Waals surface area (Å²) in [6.07, 6.45) is 2.22. The van der Waals surface area contributed by atoms with Crippen LogP contribution in [0.15, 0.2) is 46.6 Å². The van der Waals surface area contributed by atoms with Crippen molar-refractivity contribution in [1.29, 1.82) is 0 Å². The van der Waals surface area contributed by atoms with Gasteiger partial charge in [-0.15, -0.1) is 0 Å². The molecule has 0 bridgehead atoms. The maximum absolute atomic E-state index is 12.3. The fraction of sp³-hybridized carbons (Fsp3) is 0.200. The van der Waals surface area contributed by atoms with E-state index in [1.165, 1.54) is 12.1 Å². The fourth-order valence-electron chi connectivity index (χ4n) is 2.84. The van der Waals surface area contributed by atoms with Crippen molar-refractivity contribution in [3.05, 3.63) is 72.8 Å². The van der Waals surface area contributed by atoms with E-state index in [0.717, 1.165) is 10.5 Å². The van der Waals surface area contributed by atoms with E-state index in [0.29, 0.717) is 33.8 Å². The lowest BCUT2D eigenvalue weighted by Crippen LogP contribution is -2.31. The molecule has 156 valence electrons. The van der Waals surface area contributed by atoms with Crippen molar-refractivity contribution in [2.45, 2.75) is 20.0 Å². The molecule has 8 nitrogen and oxygen atoms in total. The first-order valence-electron chi connectivity index (χ1n) is 9.00. The van der Waals surface area contributed by atoms with E-state index in [9.17, 15) is 19.7 Å². The van der Waals surface area contributed by atoms with Crippen LogP contribution in [0.4, 0.5) is 10.5 Å². The van der Waals surface area contributed by atoms with Gasteiger partial charge in [-0.3, -0.25) is 19.8 Å². The molecule has 1 fully saturated rings. The predicted octanol–water partition coefficient (Wildman–Crippen LogP) is 4.89. The highest BCUT2D eigenvalue weighted by Crippen LogP contribution is 2.36. The highest BCUT2D eigenvalue weighted by atomic mass is 79.9. The Hall–Kier alpha value is -2.91. The third kappa shape index (κ3) is 4.80. The number of urea groups is 1. The van der Waals surface area contributed by atoms with Gasteiger partial charge in [0.2, 0.25) is 0 Å². The van der Waals surface area contributed by atoms with Crippen LogP contribution in [-0.2, 0) is 11.4 Å². The molecule has 0 aromatic heterocycles. The summed E-state index contributed by atoms with van der Waals surface area (Å²) in [6.45, 7) is 2.40. The van der Waals surface area contributed by atoms with E-state index in [2.05, 4.69) is 21.2 Å². The molecule has 1 saturated heterocycles. The van der Waals surface area contributed by atoms with Crippen LogP contribution in [-0.4, -0.2) is 28.3 Å². The van der Waals surface area contributed by atoms with E-state index in [1.807, 2.05) is 6.92 Å². The zero-order valence-corrected chi connectivity index (χ0v) is 18.2. The highest BCUT2D eigenvalue weighted by molar-refractivity contribution is 9.10. The summed E-state index contributed by atoms with van der Waals surface area (Å²) in [7, 11) is 0. The number of nitrogens with zero attached hydrogens (tertiary/aromatic N) is 2. The Kier molecular flexibility index (Phi) is 6.73. The van der Waals surface area contributed by atoms with Crippen molar-refractivity contribution in [1.82, 2.24) is 10.2 Å². The molecule has 2 aromatic carbocycles. The average Bonchev–Trinajstić information content (AvgIpc) is 2.95. The Bertz CT molecular complexity index is 1020. The number of non-ortho nitro benzene ring substituents is 1. The summed E-state index contributed by atoms with van der Waals surface area (Å²) >= 11 is 9.74. The molecule has 0 radical (unpaired) electrons. The average molecular weight is 495 g/mol. The zero-order valence-electron chi connectivity index (χ0n) is 15.9. The number of nitro benzene ring substituents is 1. The summed E-state index contributed by atoms with van der Waals surface area (Å²) < 4.78 is 6.31. The summed E-state index contributed by atoms with van der Waals surface area (Å²) in [5, 5.41) is 13.6. The fourth-order valence-corrected chi connectivity index (χ4v) is 3.82. The molecule has 10 heteroatoms.